The molecule has 0 aromatic heterocycles. The topological polar surface area (TPSA) is 111 Å². The molecule has 0 aliphatic carbocycles. The fourth-order valence-corrected chi connectivity index (χ4v) is 4.53. The summed E-state index contributed by atoms with van der Waals surface area (Å²) in [6.07, 6.45) is 0.0536. The van der Waals surface area contributed by atoms with E-state index in [9.17, 15) is 19.2 Å². The quantitative estimate of drug-likeness (QED) is 0.442. The average Bonchev–Trinajstić information content (AvgIpc) is 3.04. The number of carbonyl (C=O) groups excluding carboxylic acids is 4. The second-order valence-electron chi connectivity index (χ2n) is 6.91. The van der Waals surface area contributed by atoms with E-state index in [1.165, 1.54) is 39.5 Å². The van der Waals surface area contributed by atoms with Crippen molar-refractivity contribution in [3.05, 3.63) is 47.0 Å². The average molecular weight is 493 g/mol. The Morgan fingerprint density at radius 3 is 2.48 bits per heavy atom. The van der Waals surface area contributed by atoms with Gasteiger partial charge in [-0.2, -0.15) is 0 Å². The Bertz CT molecular complexity index is 1110. The molecule has 1 aliphatic rings. The molecule has 9 nitrogen and oxygen atoms in total. The number of halogens is 1. The highest BCUT2D eigenvalue weighted by atomic mass is 35.5. The zero-order valence-electron chi connectivity index (χ0n) is 18.0. The summed E-state index contributed by atoms with van der Waals surface area (Å²) in [7, 11) is 4.30. The monoisotopic (exact) mass is 492 g/mol. The van der Waals surface area contributed by atoms with E-state index in [0.29, 0.717) is 16.4 Å². The van der Waals surface area contributed by atoms with Crippen LogP contribution in [0.25, 0.3) is 0 Å². The van der Waals surface area contributed by atoms with Gasteiger partial charge in [-0.3, -0.25) is 19.3 Å². The summed E-state index contributed by atoms with van der Waals surface area (Å²) in [4.78, 5) is 50.5. The van der Waals surface area contributed by atoms with Gasteiger partial charge in [0.15, 0.2) is 6.61 Å². The molecule has 3 amide bonds. The second-order valence-corrected chi connectivity index (χ2v) is 8.56. The number of imide groups is 1. The fourth-order valence-electron chi connectivity index (χ4n) is 3.06. The van der Waals surface area contributed by atoms with Crippen molar-refractivity contribution in [2.24, 2.45) is 0 Å². The van der Waals surface area contributed by atoms with Crippen molar-refractivity contribution in [2.75, 3.05) is 33.2 Å². The number of anilines is 1. The molecule has 2 aromatic carbocycles. The highest BCUT2D eigenvalue weighted by Gasteiger charge is 2.37. The van der Waals surface area contributed by atoms with Crippen LogP contribution in [0.2, 0.25) is 5.02 Å². The first-order valence-corrected chi connectivity index (χ1v) is 11.0. The summed E-state index contributed by atoms with van der Waals surface area (Å²) >= 11 is 7.21. The molecule has 1 fully saturated rings. The molecule has 33 heavy (non-hydrogen) atoms. The summed E-state index contributed by atoms with van der Waals surface area (Å²) < 4.78 is 15.5. The van der Waals surface area contributed by atoms with Crippen LogP contribution in [0.15, 0.2) is 41.3 Å². The van der Waals surface area contributed by atoms with Crippen LogP contribution in [0.4, 0.5) is 5.69 Å². The van der Waals surface area contributed by atoms with Crippen LogP contribution in [0.3, 0.4) is 0 Å². The summed E-state index contributed by atoms with van der Waals surface area (Å²) in [5.74, 6) is -1.24. The lowest BCUT2D eigenvalue weighted by Gasteiger charge is -2.14. The van der Waals surface area contributed by atoms with Gasteiger partial charge in [0.05, 0.1) is 35.7 Å². The summed E-state index contributed by atoms with van der Waals surface area (Å²) in [6, 6.07) is 9.50. The van der Waals surface area contributed by atoms with Crippen LogP contribution in [0.5, 0.6) is 11.5 Å². The van der Waals surface area contributed by atoms with Crippen molar-refractivity contribution in [1.82, 2.24) is 4.90 Å². The standard InChI is InChI=1S/C22H21ClN2O7S/c1-25-20(27)10-18(21(25)28)33-17-7-5-4-6-12(17)22(29)32-11-19(26)24-14-8-13(23)15(30-2)9-16(14)31-3/h4-9,18H,10-11H2,1-3H3,(H,24,26). The predicted octanol–water partition coefficient (Wildman–Crippen LogP) is 3.00. The van der Waals surface area contributed by atoms with Crippen LogP contribution >= 0.6 is 23.4 Å². The van der Waals surface area contributed by atoms with E-state index >= 15 is 0 Å². The summed E-state index contributed by atoms with van der Waals surface area (Å²) in [5.41, 5.74) is 0.476. The lowest BCUT2D eigenvalue weighted by molar-refractivity contribution is -0.136. The second kappa shape index (κ2) is 10.6. The molecule has 1 atom stereocenters. The number of ether oxygens (including phenoxy) is 3. The molecule has 1 aliphatic heterocycles. The molecule has 174 valence electrons. The maximum atomic E-state index is 12.6. The molecule has 0 spiro atoms. The van der Waals surface area contributed by atoms with Gasteiger partial charge in [-0.05, 0) is 18.2 Å². The zero-order chi connectivity index (χ0) is 24.1. The van der Waals surface area contributed by atoms with Crippen molar-refractivity contribution in [3.63, 3.8) is 0 Å². The lowest BCUT2D eigenvalue weighted by Crippen LogP contribution is -2.26. The Labute approximate surface area is 199 Å². The molecule has 1 N–H and O–H groups in total. The number of benzene rings is 2. The van der Waals surface area contributed by atoms with Crippen molar-refractivity contribution >= 4 is 52.7 Å². The van der Waals surface area contributed by atoms with E-state index in [0.717, 1.165) is 16.7 Å². The van der Waals surface area contributed by atoms with Crippen LogP contribution < -0.4 is 14.8 Å². The molecular weight excluding hydrogens is 472 g/mol. The van der Waals surface area contributed by atoms with E-state index in [1.807, 2.05) is 0 Å². The maximum absolute atomic E-state index is 12.6. The first kappa shape index (κ1) is 24.4. The number of hydrogen-bond donors (Lipinski definition) is 1. The number of esters is 1. The Balaban J connectivity index is 1.65. The smallest absolute Gasteiger partial charge is 0.339 e. The van der Waals surface area contributed by atoms with Crippen LogP contribution in [0.1, 0.15) is 16.8 Å². The Kier molecular flexibility index (Phi) is 7.83. The largest absolute Gasteiger partial charge is 0.495 e. The molecule has 11 heteroatoms. The highest BCUT2D eigenvalue weighted by molar-refractivity contribution is 8.00. The van der Waals surface area contributed by atoms with Gasteiger partial charge in [-0.25, -0.2) is 4.79 Å². The van der Waals surface area contributed by atoms with Gasteiger partial charge in [0.2, 0.25) is 11.8 Å². The molecule has 1 saturated heterocycles. The van der Waals surface area contributed by atoms with E-state index in [-0.39, 0.29) is 34.5 Å². The van der Waals surface area contributed by atoms with E-state index < -0.39 is 23.7 Å². The van der Waals surface area contributed by atoms with E-state index in [4.69, 9.17) is 25.8 Å². The van der Waals surface area contributed by atoms with Gasteiger partial charge >= 0.3 is 5.97 Å². The summed E-state index contributed by atoms with van der Waals surface area (Å²) in [5, 5.41) is 2.22. The van der Waals surface area contributed by atoms with Crippen molar-refractivity contribution in [2.45, 2.75) is 16.6 Å². The minimum Gasteiger partial charge on any atom is -0.495 e. The third-order valence-electron chi connectivity index (χ3n) is 4.80. The summed E-state index contributed by atoms with van der Waals surface area (Å²) in [6.45, 7) is -0.561. The highest BCUT2D eigenvalue weighted by Crippen LogP contribution is 2.36. The number of nitrogens with one attached hydrogen (secondary N) is 1. The van der Waals surface area contributed by atoms with Crippen molar-refractivity contribution < 1.29 is 33.4 Å². The van der Waals surface area contributed by atoms with Gasteiger partial charge < -0.3 is 19.5 Å². The number of carbonyl (C=O) groups is 4. The Morgan fingerprint density at radius 2 is 1.85 bits per heavy atom. The predicted molar refractivity (Wildman–Crippen MR) is 122 cm³/mol. The molecular formula is C22H21ClN2O7S. The number of nitrogens with zero attached hydrogens (tertiary/aromatic N) is 1. The minimum absolute atomic E-state index is 0.0536. The molecule has 3 rings (SSSR count). The number of amides is 3. The van der Waals surface area contributed by atoms with Crippen LogP contribution in [0, 0.1) is 0 Å². The molecule has 0 saturated carbocycles. The molecule has 2 aromatic rings. The first-order valence-electron chi connectivity index (χ1n) is 9.69. The van der Waals surface area contributed by atoms with Gasteiger partial charge in [0.1, 0.15) is 11.5 Å². The third-order valence-corrected chi connectivity index (χ3v) is 6.36. The molecule has 0 bridgehead atoms. The number of rotatable bonds is 8. The number of methoxy groups -OCH3 is 2. The van der Waals surface area contributed by atoms with Gasteiger partial charge in [-0.1, -0.05) is 23.7 Å². The van der Waals surface area contributed by atoms with E-state index in [1.54, 1.807) is 18.2 Å². The van der Waals surface area contributed by atoms with E-state index in [2.05, 4.69) is 5.32 Å². The van der Waals surface area contributed by atoms with Gasteiger partial charge in [-0.15, -0.1) is 11.8 Å². The van der Waals surface area contributed by atoms with Crippen molar-refractivity contribution in [3.8, 4) is 11.5 Å². The number of thioether (sulfide) groups is 1. The third kappa shape index (κ3) is 5.58. The normalized spacial score (nSPS) is 15.4. The zero-order valence-corrected chi connectivity index (χ0v) is 19.6. The molecule has 1 unspecified atom stereocenters. The fraction of sp³-hybridized carbons (Fsp3) is 0.273. The Hall–Kier alpha value is -3.24. The maximum Gasteiger partial charge on any atom is 0.339 e. The molecule has 0 radical (unpaired) electrons. The van der Waals surface area contributed by atoms with Gasteiger partial charge in [0.25, 0.3) is 5.91 Å². The lowest BCUT2D eigenvalue weighted by atomic mass is 10.2. The van der Waals surface area contributed by atoms with Crippen LogP contribution in [-0.2, 0) is 19.1 Å². The van der Waals surface area contributed by atoms with Crippen molar-refractivity contribution in [1.29, 1.82) is 0 Å². The minimum atomic E-state index is -0.738. The molecule has 1 heterocycles. The Morgan fingerprint density at radius 1 is 1.15 bits per heavy atom. The SMILES string of the molecule is COc1cc(OC)c(NC(=O)COC(=O)c2ccccc2SC2CC(=O)N(C)C2=O)cc1Cl. The number of likely N-dealkylation sites (tertiary alicyclic amines) is 1. The number of hydrogen-bond acceptors (Lipinski definition) is 8. The van der Waals surface area contributed by atoms with Crippen LogP contribution in [-0.4, -0.2) is 61.7 Å². The first-order chi connectivity index (χ1) is 15.7. The van der Waals surface area contributed by atoms with Gasteiger partial charge in [0, 0.05) is 24.4 Å².